The second-order valence-electron chi connectivity index (χ2n) is 4.10. The second-order valence-corrected chi connectivity index (χ2v) is 4.10. The van der Waals surface area contributed by atoms with E-state index in [1.54, 1.807) is 6.20 Å². The molecule has 1 saturated carbocycles. The molecule has 0 bridgehead atoms. The van der Waals surface area contributed by atoms with E-state index in [0.717, 1.165) is 18.4 Å². The van der Waals surface area contributed by atoms with Gasteiger partial charge in [0.2, 0.25) is 5.95 Å². The van der Waals surface area contributed by atoms with E-state index in [-0.39, 0.29) is 6.04 Å². The molecule has 1 aliphatic rings. The number of imidazole rings is 1. The number of aromatic nitrogens is 2. The predicted octanol–water partition coefficient (Wildman–Crippen LogP) is 0.959. The minimum Gasteiger partial charge on any atom is -0.354 e. The topological polar surface area (TPSA) is 55.9 Å². The van der Waals surface area contributed by atoms with Crippen LogP contribution in [-0.4, -0.2) is 22.1 Å². The predicted molar refractivity (Wildman–Crippen MR) is 57.0 cm³/mol. The van der Waals surface area contributed by atoms with Gasteiger partial charge >= 0.3 is 0 Å². The van der Waals surface area contributed by atoms with E-state index in [9.17, 15) is 0 Å². The number of rotatable bonds is 4. The SMILES string of the molecule is Cn1ccnc1NCC(N)C1CCC1. The van der Waals surface area contributed by atoms with E-state index in [1.165, 1.54) is 19.3 Å². The molecule has 1 aliphatic carbocycles. The van der Waals surface area contributed by atoms with Gasteiger partial charge in [0.25, 0.3) is 0 Å². The molecule has 0 aliphatic heterocycles. The number of nitrogens with two attached hydrogens (primary N) is 1. The van der Waals surface area contributed by atoms with Crippen LogP contribution < -0.4 is 11.1 Å². The maximum Gasteiger partial charge on any atom is 0.202 e. The summed E-state index contributed by atoms with van der Waals surface area (Å²) in [6.45, 7) is 0.829. The highest BCUT2D eigenvalue weighted by atomic mass is 15.2. The van der Waals surface area contributed by atoms with E-state index in [4.69, 9.17) is 5.73 Å². The van der Waals surface area contributed by atoms with Gasteiger partial charge in [-0.2, -0.15) is 0 Å². The summed E-state index contributed by atoms with van der Waals surface area (Å²) in [5.41, 5.74) is 6.05. The molecule has 3 N–H and O–H groups in total. The molecule has 1 unspecified atom stereocenters. The Labute approximate surface area is 84.5 Å². The van der Waals surface area contributed by atoms with E-state index >= 15 is 0 Å². The minimum absolute atomic E-state index is 0.278. The Hall–Kier alpha value is -1.03. The molecule has 1 aromatic heterocycles. The smallest absolute Gasteiger partial charge is 0.202 e. The van der Waals surface area contributed by atoms with Gasteiger partial charge in [0, 0.05) is 32.0 Å². The molecule has 0 amide bonds. The molecule has 2 rings (SSSR count). The fourth-order valence-corrected chi connectivity index (χ4v) is 1.78. The lowest BCUT2D eigenvalue weighted by molar-refractivity contribution is 0.268. The number of nitrogens with zero attached hydrogens (tertiary/aromatic N) is 2. The van der Waals surface area contributed by atoms with Crippen LogP contribution in [0.15, 0.2) is 12.4 Å². The molecule has 1 fully saturated rings. The van der Waals surface area contributed by atoms with Crippen molar-refractivity contribution < 1.29 is 0 Å². The van der Waals surface area contributed by atoms with Crippen molar-refractivity contribution in [2.24, 2.45) is 18.7 Å². The van der Waals surface area contributed by atoms with Crippen LogP contribution in [0.4, 0.5) is 5.95 Å². The van der Waals surface area contributed by atoms with Gasteiger partial charge in [-0.05, 0) is 18.8 Å². The summed E-state index contributed by atoms with van der Waals surface area (Å²) in [7, 11) is 1.98. The first-order valence-corrected chi connectivity index (χ1v) is 5.24. The summed E-state index contributed by atoms with van der Waals surface area (Å²) in [6.07, 6.45) is 7.65. The molecule has 1 atom stereocenters. The normalized spacial score (nSPS) is 19.0. The maximum atomic E-state index is 6.05. The molecule has 0 spiro atoms. The van der Waals surface area contributed by atoms with Gasteiger partial charge in [0.1, 0.15) is 0 Å². The fourth-order valence-electron chi connectivity index (χ4n) is 1.78. The molecule has 0 aromatic carbocycles. The van der Waals surface area contributed by atoms with E-state index in [1.807, 2.05) is 17.8 Å². The molecule has 4 heteroatoms. The Morgan fingerprint density at radius 2 is 2.50 bits per heavy atom. The Kier molecular flexibility index (Phi) is 2.72. The third kappa shape index (κ3) is 1.90. The summed E-state index contributed by atoms with van der Waals surface area (Å²) in [5, 5.41) is 3.27. The standard InChI is InChI=1S/C10H18N4/c1-14-6-5-12-10(14)13-7-9(11)8-3-2-4-8/h5-6,8-9H,2-4,7,11H2,1H3,(H,12,13). The van der Waals surface area contributed by atoms with Gasteiger partial charge in [-0.3, -0.25) is 0 Å². The zero-order valence-electron chi connectivity index (χ0n) is 8.61. The van der Waals surface area contributed by atoms with Crippen LogP contribution in [0.1, 0.15) is 19.3 Å². The summed E-state index contributed by atoms with van der Waals surface area (Å²) in [4.78, 5) is 4.19. The first kappa shape index (κ1) is 9.52. The van der Waals surface area contributed by atoms with Gasteiger partial charge in [0.15, 0.2) is 0 Å². The van der Waals surface area contributed by atoms with Crippen LogP contribution in [0.2, 0.25) is 0 Å². The lowest BCUT2D eigenvalue weighted by Gasteiger charge is -2.31. The molecule has 1 heterocycles. The van der Waals surface area contributed by atoms with Crippen LogP contribution >= 0.6 is 0 Å². The molecule has 0 saturated heterocycles. The zero-order valence-corrected chi connectivity index (χ0v) is 8.61. The van der Waals surface area contributed by atoms with Gasteiger partial charge < -0.3 is 15.6 Å². The minimum atomic E-state index is 0.278. The van der Waals surface area contributed by atoms with Gasteiger partial charge in [-0.1, -0.05) is 6.42 Å². The van der Waals surface area contributed by atoms with E-state index in [0.29, 0.717) is 0 Å². The zero-order chi connectivity index (χ0) is 9.97. The number of anilines is 1. The lowest BCUT2D eigenvalue weighted by atomic mass is 9.80. The number of hydrogen-bond donors (Lipinski definition) is 2. The van der Waals surface area contributed by atoms with Crippen molar-refractivity contribution in [3.05, 3.63) is 12.4 Å². The highest BCUT2D eigenvalue weighted by molar-refractivity contribution is 5.25. The van der Waals surface area contributed by atoms with Crippen molar-refractivity contribution >= 4 is 5.95 Å². The molecular formula is C10H18N4. The Morgan fingerprint density at radius 3 is 3.00 bits per heavy atom. The summed E-state index contributed by atoms with van der Waals surface area (Å²) in [6, 6.07) is 0.278. The molecule has 14 heavy (non-hydrogen) atoms. The van der Waals surface area contributed by atoms with Crippen LogP contribution in [0.5, 0.6) is 0 Å². The fraction of sp³-hybridized carbons (Fsp3) is 0.700. The van der Waals surface area contributed by atoms with Crippen molar-refractivity contribution in [2.75, 3.05) is 11.9 Å². The average Bonchev–Trinajstić information content (AvgIpc) is 2.44. The van der Waals surface area contributed by atoms with Crippen molar-refractivity contribution in [3.8, 4) is 0 Å². The number of nitrogens with one attached hydrogen (secondary N) is 1. The highest BCUT2D eigenvalue weighted by Crippen LogP contribution is 2.28. The quantitative estimate of drug-likeness (QED) is 0.750. The van der Waals surface area contributed by atoms with Crippen molar-refractivity contribution in [1.29, 1.82) is 0 Å². The molecule has 78 valence electrons. The second kappa shape index (κ2) is 4.00. The monoisotopic (exact) mass is 194 g/mol. The highest BCUT2D eigenvalue weighted by Gasteiger charge is 2.24. The van der Waals surface area contributed by atoms with Crippen LogP contribution in [0, 0.1) is 5.92 Å². The lowest BCUT2D eigenvalue weighted by Crippen LogP contribution is -2.40. The van der Waals surface area contributed by atoms with Gasteiger partial charge in [-0.15, -0.1) is 0 Å². The van der Waals surface area contributed by atoms with Crippen molar-refractivity contribution in [2.45, 2.75) is 25.3 Å². The average molecular weight is 194 g/mol. The largest absolute Gasteiger partial charge is 0.354 e. The number of aryl methyl sites for hydroxylation is 1. The van der Waals surface area contributed by atoms with Crippen molar-refractivity contribution in [3.63, 3.8) is 0 Å². The summed E-state index contributed by atoms with van der Waals surface area (Å²) < 4.78 is 1.97. The first-order chi connectivity index (χ1) is 6.77. The van der Waals surface area contributed by atoms with E-state index in [2.05, 4.69) is 10.3 Å². The van der Waals surface area contributed by atoms with Gasteiger partial charge in [-0.25, -0.2) is 4.98 Å². The number of hydrogen-bond acceptors (Lipinski definition) is 3. The Morgan fingerprint density at radius 1 is 1.71 bits per heavy atom. The van der Waals surface area contributed by atoms with Crippen LogP contribution in [0.3, 0.4) is 0 Å². The third-order valence-electron chi connectivity index (χ3n) is 3.07. The molecule has 1 aromatic rings. The van der Waals surface area contributed by atoms with Crippen LogP contribution in [-0.2, 0) is 7.05 Å². The molecular weight excluding hydrogens is 176 g/mol. The van der Waals surface area contributed by atoms with Gasteiger partial charge in [0.05, 0.1) is 0 Å². The third-order valence-corrected chi connectivity index (χ3v) is 3.07. The Bertz CT molecular complexity index is 290. The summed E-state index contributed by atoms with van der Waals surface area (Å²) >= 11 is 0. The summed E-state index contributed by atoms with van der Waals surface area (Å²) in [5.74, 6) is 1.63. The Balaban J connectivity index is 1.79. The molecule has 4 nitrogen and oxygen atoms in total. The molecule has 0 radical (unpaired) electrons. The van der Waals surface area contributed by atoms with Crippen LogP contribution in [0.25, 0.3) is 0 Å². The maximum absolute atomic E-state index is 6.05. The first-order valence-electron chi connectivity index (χ1n) is 5.24. The van der Waals surface area contributed by atoms with Crippen molar-refractivity contribution in [1.82, 2.24) is 9.55 Å². The van der Waals surface area contributed by atoms with E-state index < -0.39 is 0 Å².